The fraction of sp³-hybridized carbons (Fsp3) is 0.158. The minimum absolute atomic E-state index is 0.297. The third-order valence-corrected chi connectivity index (χ3v) is 3.71. The number of aromatic nitrogens is 2. The van der Waals surface area contributed by atoms with Gasteiger partial charge in [-0.2, -0.15) is 4.98 Å². The Morgan fingerprint density at radius 1 is 1.00 bits per heavy atom. The Morgan fingerprint density at radius 2 is 1.81 bits per heavy atom. The van der Waals surface area contributed by atoms with Crippen molar-refractivity contribution in [1.82, 2.24) is 9.97 Å². The number of halogens is 2. The summed E-state index contributed by atoms with van der Waals surface area (Å²) in [4.78, 5) is 8.39. The first kappa shape index (κ1) is 17.6. The van der Waals surface area contributed by atoms with Crippen molar-refractivity contribution in [3.8, 4) is 5.75 Å². The van der Waals surface area contributed by atoms with Gasteiger partial charge in [-0.15, -0.1) is 0 Å². The first-order chi connectivity index (χ1) is 12.6. The highest BCUT2D eigenvalue weighted by atomic mass is 19.2. The molecule has 1 heterocycles. The van der Waals surface area contributed by atoms with E-state index in [0.717, 1.165) is 24.3 Å². The smallest absolute Gasteiger partial charge is 0.229 e. The minimum atomic E-state index is -0.927. The van der Waals surface area contributed by atoms with Gasteiger partial charge in [0.25, 0.3) is 0 Å². The molecule has 2 N–H and O–H groups in total. The Bertz CT molecular complexity index is 872. The molecule has 134 valence electrons. The number of benzene rings is 2. The van der Waals surface area contributed by atoms with E-state index in [-0.39, 0.29) is 0 Å². The summed E-state index contributed by atoms with van der Waals surface area (Å²) in [5.74, 6) is -0.0660. The Hall–Kier alpha value is -3.22. The van der Waals surface area contributed by atoms with Gasteiger partial charge in [-0.3, -0.25) is 0 Å². The predicted octanol–water partition coefficient (Wildman–Crippen LogP) is 4.16. The molecule has 0 aliphatic heterocycles. The molecule has 0 bridgehead atoms. The van der Waals surface area contributed by atoms with Crippen LogP contribution in [-0.4, -0.2) is 23.6 Å². The molecule has 0 aliphatic carbocycles. The molecule has 1 aromatic heterocycles. The van der Waals surface area contributed by atoms with E-state index in [2.05, 4.69) is 20.6 Å². The first-order valence-corrected chi connectivity index (χ1v) is 8.06. The number of methoxy groups -OCH3 is 1. The average molecular weight is 356 g/mol. The number of ether oxygens (including phenoxy) is 1. The van der Waals surface area contributed by atoms with Crippen molar-refractivity contribution in [1.29, 1.82) is 0 Å². The van der Waals surface area contributed by atoms with Crippen LogP contribution in [0.4, 0.5) is 26.2 Å². The van der Waals surface area contributed by atoms with Crippen molar-refractivity contribution >= 4 is 17.5 Å². The average Bonchev–Trinajstić information content (AvgIpc) is 2.66. The lowest BCUT2D eigenvalue weighted by Gasteiger charge is -2.09. The van der Waals surface area contributed by atoms with E-state index < -0.39 is 11.6 Å². The SMILES string of the molecule is COc1ccc(CCNc2ccnc(Nc3ccc(F)c(F)c3)n2)cc1. The molecule has 0 amide bonds. The zero-order valence-corrected chi connectivity index (χ0v) is 14.2. The van der Waals surface area contributed by atoms with Gasteiger partial charge in [0.2, 0.25) is 5.95 Å². The van der Waals surface area contributed by atoms with Gasteiger partial charge in [0, 0.05) is 24.5 Å². The Kier molecular flexibility index (Phi) is 5.58. The van der Waals surface area contributed by atoms with Crippen LogP contribution in [0.25, 0.3) is 0 Å². The molecule has 7 heteroatoms. The van der Waals surface area contributed by atoms with Crippen LogP contribution in [0.1, 0.15) is 5.56 Å². The second-order valence-electron chi connectivity index (χ2n) is 5.54. The summed E-state index contributed by atoms with van der Waals surface area (Å²) in [5, 5.41) is 6.06. The van der Waals surface area contributed by atoms with E-state index >= 15 is 0 Å². The highest BCUT2D eigenvalue weighted by Gasteiger charge is 2.05. The summed E-state index contributed by atoms with van der Waals surface area (Å²) in [6.45, 7) is 0.688. The maximum Gasteiger partial charge on any atom is 0.229 e. The molecule has 2 aromatic carbocycles. The molecule has 0 saturated heterocycles. The summed E-state index contributed by atoms with van der Waals surface area (Å²) < 4.78 is 31.4. The van der Waals surface area contributed by atoms with Gasteiger partial charge >= 0.3 is 0 Å². The van der Waals surface area contributed by atoms with Crippen molar-refractivity contribution in [2.75, 3.05) is 24.3 Å². The third-order valence-electron chi connectivity index (χ3n) is 3.71. The Balaban J connectivity index is 1.57. The molecular weight excluding hydrogens is 338 g/mol. The van der Waals surface area contributed by atoms with Crippen LogP contribution in [0.15, 0.2) is 54.7 Å². The number of nitrogens with one attached hydrogen (secondary N) is 2. The van der Waals surface area contributed by atoms with E-state index in [1.54, 1.807) is 19.4 Å². The van der Waals surface area contributed by atoms with Gasteiger partial charge in [-0.25, -0.2) is 13.8 Å². The maximum atomic E-state index is 13.3. The molecule has 0 aliphatic rings. The van der Waals surface area contributed by atoms with Gasteiger partial charge in [-0.05, 0) is 42.3 Å². The normalized spacial score (nSPS) is 10.4. The van der Waals surface area contributed by atoms with Gasteiger partial charge < -0.3 is 15.4 Å². The fourth-order valence-corrected chi connectivity index (χ4v) is 2.35. The topological polar surface area (TPSA) is 59.1 Å². The second-order valence-corrected chi connectivity index (χ2v) is 5.54. The second kappa shape index (κ2) is 8.24. The maximum absolute atomic E-state index is 13.3. The van der Waals surface area contributed by atoms with Crippen LogP contribution in [0.5, 0.6) is 5.75 Å². The number of hydrogen-bond acceptors (Lipinski definition) is 5. The van der Waals surface area contributed by atoms with E-state index in [1.807, 2.05) is 24.3 Å². The van der Waals surface area contributed by atoms with E-state index in [0.29, 0.717) is 24.0 Å². The van der Waals surface area contributed by atoms with Crippen molar-refractivity contribution in [3.63, 3.8) is 0 Å². The minimum Gasteiger partial charge on any atom is -0.497 e. The van der Waals surface area contributed by atoms with Gasteiger partial charge in [-0.1, -0.05) is 12.1 Å². The van der Waals surface area contributed by atoms with Crippen LogP contribution < -0.4 is 15.4 Å². The highest BCUT2D eigenvalue weighted by molar-refractivity contribution is 5.54. The molecular formula is C19H18F2N4O. The molecule has 0 saturated carbocycles. The van der Waals surface area contributed by atoms with Gasteiger partial charge in [0.05, 0.1) is 7.11 Å². The largest absolute Gasteiger partial charge is 0.497 e. The van der Waals surface area contributed by atoms with Crippen LogP contribution >= 0.6 is 0 Å². The molecule has 3 aromatic rings. The predicted molar refractivity (Wildman–Crippen MR) is 96.9 cm³/mol. The van der Waals surface area contributed by atoms with E-state index in [1.165, 1.54) is 11.6 Å². The lowest BCUT2D eigenvalue weighted by molar-refractivity contribution is 0.414. The van der Waals surface area contributed by atoms with Crippen LogP contribution in [0, 0.1) is 11.6 Å². The molecule has 5 nitrogen and oxygen atoms in total. The van der Waals surface area contributed by atoms with Gasteiger partial charge in [0.1, 0.15) is 11.6 Å². The third kappa shape index (κ3) is 4.66. The van der Waals surface area contributed by atoms with Crippen molar-refractivity contribution < 1.29 is 13.5 Å². The van der Waals surface area contributed by atoms with Crippen molar-refractivity contribution in [2.24, 2.45) is 0 Å². The fourth-order valence-electron chi connectivity index (χ4n) is 2.35. The highest BCUT2D eigenvalue weighted by Crippen LogP contribution is 2.17. The monoisotopic (exact) mass is 356 g/mol. The van der Waals surface area contributed by atoms with Crippen LogP contribution in [-0.2, 0) is 6.42 Å². The van der Waals surface area contributed by atoms with Crippen molar-refractivity contribution in [2.45, 2.75) is 6.42 Å². The van der Waals surface area contributed by atoms with Crippen LogP contribution in [0.3, 0.4) is 0 Å². The molecule has 0 fully saturated rings. The summed E-state index contributed by atoms with van der Waals surface area (Å²) in [6, 6.07) is 13.1. The summed E-state index contributed by atoms with van der Waals surface area (Å²) in [7, 11) is 1.64. The molecule has 3 rings (SSSR count). The van der Waals surface area contributed by atoms with Gasteiger partial charge in [0.15, 0.2) is 11.6 Å². The van der Waals surface area contributed by atoms with Crippen molar-refractivity contribution in [3.05, 3.63) is 71.9 Å². The number of rotatable bonds is 7. The van der Waals surface area contributed by atoms with E-state index in [9.17, 15) is 8.78 Å². The molecule has 0 unspecified atom stereocenters. The van der Waals surface area contributed by atoms with Crippen LogP contribution in [0.2, 0.25) is 0 Å². The number of nitrogens with zero attached hydrogens (tertiary/aromatic N) is 2. The molecule has 0 spiro atoms. The quantitative estimate of drug-likeness (QED) is 0.666. The van der Waals surface area contributed by atoms with E-state index in [4.69, 9.17) is 4.74 Å². The zero-order chi connectivity index (χ0) is 18.4. The Labute approximate surface area is 150 Å². The number of hydrogen-bond donors (Lipinski definition) is 2. The molecule has 26 heavy (non-hydrogen) atoms. The lowest BCUT2D eigenvalue weighted by atomic mass is 10.1. The standard InChI is InChI=1S/C19H18F2N4O/c1-26-15-5-2-13(3-6-15)8-10-22-18-9-11-23-19(25-18)24-14-4-7-16(20)17(21)12-14/h2-7,9,11-12H,8,10H2,1H3,(H2,22,23,24,25). The molecule has 0 radical (unpaired) electrons. The Morgan fingerprint density at radius 3 is 2.54 bits per heavy atom. The summed E-state index contributed by atoms with van der Waals surface area (Å²) in [6.07, 6.45) is 2.41. The lowest BCUT2D eigenvalue weighted by Crippen LogP contribution is -2.08. The zero-order valence-electron chi connectivity index (χ0n) is 14.2. The summed E-state index contributed by atoms with van der Waals surface area (Å²) in [5.41, 5.74) is 1.55. The summed E-state index contributed by atoms with van der Waals surface area (Å²) >= 11 is 0. The number of anilines is 3. The first-order valence-electron chi connectivity index (χ1n) is 8.06. The molecule has 0 atom stereocenters.